The molecule has 9 heteroatoms. The number of ketones is 1. The van der Waals surface area contributed by atoms with Crippen molar-refractivity contribution in [3.8, 4) is 0 Å². The highest BCUT2D eigenvalue weighted by Crippen LogP contribution is 2.29. The van der Waals surface area contributed by atoms with Crippen LogP contribution in [0.5, 0.6) is 0 Å². The zero-order valence-corrected chi connectivity index (χ0v) is 16.3. The molecule has 0 aliphatic rings. The monoisotopic (exact) mass is 403 g/mol. The summed E-state index contributed by atoms with van der Waals surface area (Å²) in [5, 5.41) is 3.16. The summed E-state index contributed by atoms with van der Waals surface area (Å²) < 4.78 is 28.4. The number of fused-ring (bicyclic) bond motifs is 1. The van der Waals surface area contributed by atoms with Gasteiger partial charge in [0.2, 0.25) is 5.91 Å². The van der Waals surface area contributed by atoms with Crippen LogP contribution in [0.25, 0.3) is 10.2 Å². The lowest BCUT2D eigenvalue weighted by Crippen LogP contribution is -2.13. The van der Waals surface area contributed by atoms with Crippen molar-refractivity contribution in [2.45, 2.75) is 25.2 Å². The summed E-state index contributed by atoms with van der Waals surface area (Å²) in [6.07, 6.45) is 0.351. The molecule has 0 bridgehead atoms. The largest absolute Gasteiger partial charge is 0.302 e. The van der Waals surface area contributed by atoms with Gasteiger partial charge < -0.3 is 5.32 Å². The Bertz CT molecular complexity index is 1120. The highest BCUT2D eigenvalue weighted by Gasteiger charge is 2.15. The Kier molecular flexibility index (Phi) is 5.24. The average molecular weight is 403 g/mol. The van der Waals surface area contributed by atoms with Crippen LogP contribution in [0.1, 0.15) is 30.6 Å². The molecule has 140 valence electrons. The van der Waals surface area contributed by atoms with E-state index in [-0.39, 0.29) is 16.6 Å². The summed E-state index contributed by atoms with van der Waals surface area (Å²) in [6, 6.07) is 10.7. The van der Waals surface area contributed by atoms with Crippen LogP contribution in [0, 0.1) is 0 Å². The minimum atomic E-state index is -3.80. The SMILES string of the molecule is CCC(=O)Nc1nc2cc(NS(=O)(=O)c3ccc(C(C)=O)cc3)ccc2s1. The van der Waals surface area contributed by atoms with Gasteiger partial charge in [-0.2, -0.15) is 0 Å². The summed E-state index contributed by atoms with van der Waals surface area (Å²) in [4.78, 5) is 27.2. The first-order chi connectivity index (χ1) is 12.8. The number of nitrogens with one attached hydrogen (secondary N) is 2. The molecule has 2 N–H and O–H groups in total. The fourth-order valence-corrected chi connectivity index (χ4v) is 4.25. The number of benzene rings is 2. The van der Waals surface area contributed by atoms with E-state index >= 15 is 0 Å². The van der Waals surface area contributed by atoms with E-state index in [1.165, 1.54) is 42.5 Å². The summed E-state index contributed by atoms with van der Waals surface area (Å²) in [5.41, 5.74) is 1.38. The third-order valence-electron chi connectivity index (χ3n) is 3.78. The van der Waals surface area contributed by atoms with Gasteiger partial charge in [0.25, 0.3) is 10.0 Å². The molecule has 0 spiro atoms. The fraction of sp³-hybridized carbons (Fsp3) is 0.167. The maximum Gasteiger partial charge on any atom is 0.261 e. The van der Waals surface area contributed by atoms with Crippen molar-refractivity contribution in [1.29, 1.82) is 0 Å². The lowest BCUT2D eigenvalue weighted by Gasteiger charge is -2.08. The standard InChI is InChI=1S/C18H17N3O4S2/c1-3-17(23)20-18-19-15-10-13(6-9-16(15)26-18)21-27(24,25)14-7-4-12(5-8-14)11(2)22/h4-10,21H,3H2,1-2H3,(H,19,20,23). The van der Waals surface area contributed by atoms with Crippen LogP contribution in [-0.4, -0.2) is 25.1 Å². The minimum absolute atomic E-state index is 0.0572. The molecule has 1 amide bonds. The van der Waals surface area contributed by atoms with Crippen LogP contribution >= 0.6 is 11.3 Å². The van der Waals surface area contributed by atoms with E-state index in [0.717, 1.165) is 4.70 Å². The number of aromatic nitrogens is 1. The van der Waals surface area contributed by atoms with E-state index in [1.54, 1.807) is 25.1 Å². The first-order valence-corrected chi connectivity index (χ1v) is 10.4. The molecule has 1 aromatic heterocycles. The lowest BCUT2D eigenvalue weighted by molar-refractivity contribution is -0.115. The topological polar surface area (TPSA) is 105 Å². The van der Waals surface area contributed by atoms with E-state index in [2.05, 4.69) is 15.0 Å². The second-order valence-corrected chi connectivity index (χ2v) is 8.50. The number of rotatable bonds is 6. The normalized spacial score (nSPS) is 11.3. The lowest BCUT2D eigenvalue weighted by atomic mass is 10.2. The van der Waals surface area contributed by atoms with E-state index < -0.39 is 10.0 Å². The van der Waals surface area contributed by atoms with Crippen molar-refractivity contribution < 1.29 is 18.0 Å². The van der Waals surface area contributed by atoms with Crippen LogP contribution in [0.2, 0.25) is 0 Å². The van der Waals surface area contributed by atoms with E-state index in [9.17, 15) is 18.0 Å². The van der Waals surface area contributed by atoms with E-state index in [4.69, 9.17) is 0 Å². The Morgan fingerprint density at radius 3 is 2.44 bits per heavy atom. The first-order valence-electron chi connectivity index (χ1n) is 8.13. The molecule has 0 unspecified atom stereocenters. The number of Topliss-reactive ketones (excluding diaryl/α,β-unsaturated/α-hetero) is 1. The fourth-order valence-electron chi connectivity index (χ4n) is 2.33. The summed E-state index contributed by atoms with van der Waals surface area (Å²) in [6.45, 7) is 3.17. The molecule has 0 aliphatic heterocycles. The molecule has 0 saturated heterocycles. The third-order valence-corrected chi connectivity index (χ3v) is 6.13. The second-order valence-electron chi connectivity index (χ2n) is 5.79. The van der Waals surface area contributed by atoms with Crippen molar-refractivity contribution in [2.24, 2.45) is 0 Å². The number of hydrogen-bond acceptors (Lipinski definition) is 6. The Morgan fingerprint density at radius 1 is 1.11 bits per heavy atom. The van der Waals surface area contributed by atoms with Crippen LogP contribution in [0.15, 0.2) is 47.4 Å². The van der Waals surface area contributed by atoms with E-state index in [0.29, 0.717) is 28.3 Å². The van der Waals surface area contributed by atoms with Gasteiger partial charge in [0.05, 0.1) is 20.8 Å². The molecule has 0 radical (unpaired) electrons. The molecule has 0 fully saturated rings. The zero-order chi connectivity index (χ0) is 19.6. The van der Waals surface area contributed by atoms with Crippen molar-refractivity contribution in [3.63, 3.8) is 0 Å². The zero-order valence-electron chi connectivity index (χ0n) is 14.6. The van der Waals surface area contributed by atoms with Gasteiger partial charge in [0, 0.05) is 12.0 Å². The van der Waals surface area contributed by atoms with Gasteiger partial charge >= 0.3 is 0 Å². The molecule has 7 nitrogen and oxygen atoms in total. The predicted molar refractivity (Wildman–Crippen MR) is 106 cm³/mol. The Labute approximate surface area is 160 Å². The highest BCUT2D eigenvalue weighted by atomic mass is 32.2. The second kappa shape index (κ2) is 7.45. The number of carbonyl (C=O) groups excluding carboxylic acids is 2. The maximum absolute atomic E-state index is 12.5. The van der Waals surface area contributed by atoms with Gasteiger partial charge in [-0.3, -0.25) is 14.3 Å². The number of hydrogen-bond donors (Lipinski definition) is 2. The van der Waals surface area contributed by atoms with Crippen molar-refractivity contribution >= 4 is 54.1 Å². The quantitative estimate of drug-likeness (QED) is 0.611. The molecule has 1 heterocycles. The third kappa shape index (κ3) is 4.32. The van der Waals surface area contributed by atoms with Crippen LogP contribution in [0.4, 0.5) is 10.8 Å². The van der Waals surface area contributed by atoms with Gasteiger partial charge in [-0.15, -0.1) is 0 Å². The van der Waals surface area contributed by atoms with Gasteiger partial charge in [0.15, 0.2) is 10.9 Å². The molecule has 3 aromatic rings. The van der Waals surface area contributed by atoms with Crippen molar-refractivity contribution in [1.82, 2.24) is 4.98 Å². The number of nitrogens with zero attached hydrogens (tertiary/aromatic N) is 1. The average Bonchev–Trinajstić information content (AvgIpc) is 3.02. The molecular weight excluding hydrogens is 386 g/mol. The summed E-state index contributed by atoms with van der Waals surface area (Å²) in [7, 11) is -3.80. The van der Waals surface area contributed by atoms with Gasteiger partial charge in [-0.25, -0.2) is 13.4 Å². The number of anilines is 2. The molecule has 2 aromatic carbocycles. The van der Waals surface area contributed by atoms with Crippen molar-refractivity contribution in [2.75, 3.05) is 10.0 Å². The number of thiazole rings is 1. The maximum atomic E-state index is 12.5. The number of carbonyl (C=O) groups is 2. The van der Waals surface area contributed by atoms with Crippen LogP contribution < -0.4 is 10.0 Å². The molecule has 3 rings (SSSR count). The molecule has 0 atom stereocenters. The summed E-state index contributed by atoms with van der Waals surface area (Å²) >= 11 is 1.32. The minimum Gasteiger partial charge on any atom is -0.302 e. The van der Waals surface area contributed by atoms with Gasteiger partial charge in [0.1, 0.15) is 0 Å². The van der Waals surface area contributed by atoms with Crippen LogP contribution in [0.3, 0.4) is 0 Å². The number of amides is 1. The smallest absolute Gasteiger partial charge is 0.261 e. The molecule has 0 aliphatic carbocycles. The van der Waals surface area contributed by atoms with Gasteiger partial charge in [-0.1, -0.05) is 30.4 Å². The number of sulfonamides is 1. The van der Waals surface area contributed by atoms with Gasteiger partial charge in [-0.05, 0) is 37.3 Å². The van der Waals surface area contributed by atoms with E-state index in [1.807, 2.05) is 0 Å². The molecule has 0 saturated carbocycles. The Balaban J connectivity index is 1.84. The Hall–Kier alpha value is -2.78. The molecule has 27 heavy (non-hydrogen) atoms. The molecular formula is C18H17N3O4S2. The van der Waals surface area contributed by atoms with Crippen molar-refractivity contribution in [3.05, 3.63) is 48.0 Å². The highest BCUT2D eigenvalue weighted by molar-refractivity contribution is 7.92. The van der Waals surface area contributed by atoms with Crippen LogP contribution in [-0.2, 0) is 14.8 Å². The Morgan fingerprint density at radius 2 is 1.81 bits per heavy atom. The first kappa shape index (κ1) is 19.0. The summed E-state index contributed by atoms with van der Waals surface area (Å²) in [5.74, 6) is -0.268. The predicted octanol–water partition coefficient (Wildman–Crippen LogP) is 3.65.